The lowest BCUT2D eigenvalue weighted by Gasteiger charge is -2.12. The second-order valence-electron chi connectivity index (χ2n) is 3.17. The Morgan fingerprint density at radius 2 is 1.93 bits per heavy atom. The minimum atomic E-state index is -0.748. The molecule has 1 rings (SSSR count). The third-order valence-corrected chi connectivity index (χ3v) is 1.83. The van der Waals surface area contributed by atoms with Gasteiger partial charge < -0.3 is 15.4 Å². The molecule has 1 aromatic rings. The highest BCUT2D eigenvalue weighted by molar-refractivity contribution is 5.64. The number of nitrogens with zero attached hydrogens (tertiary/aromatic N) is 1. The molecule has 0 aromatic heterocycles. The van der Waals surface area contributed by atoms with Crippen LogP contribution in [0.3, 0.4) is 0 Å². The molecule has 2 N–H and O–H groups in total. The Morgan fingerprint density at radius 1 is 1.36 bits per heavy atom. The quantitative estimate of drug-likeness (QED) is 0.790. The minimum absolute atomic E-state index is 0.225. The molecule has 0 aliphatic carbocycles. The van der Waals surface area contributed by atoms with Gasteiger partial charge in [-0.25, -0.2) is 4.79 Å². The molecule has 4 nitrogen and oxygen atoms in total. The van der Waals surface area contributed by atoms with Crippen LogP contribution in [-0.2, 0) is 11.3 Å². The van der Waals surface area contributed by atoms with Crippen LogP contribution in [0.1, 0.15) is 5.56 Å². The highest BCUT2D eigenvalue weighted by atomic mass is 16.5. The van der Waals surface area contributed by atoms with E-state index in [0.29, 0.717) is 0 Å². The predicted molar refractivity (Wildman–Crippen MR) is 55.1 cm³/mol. The summed E-state index contributed by atoms with van der Waals surface area (Å²) in [5.41, 5.74) is 6.88. The van der Waals surface area contributed by atoms with Gasteiger partial charge in [-0.2, -0.15) is 0 Å². The van der Waals surface area contributed by atoms with Gasteiger partial charge in [-0.1, -0.05) is 12.1 Å². The van der Waals surface area contributed by atoms with Crippen LogP contribution in [0, 0.1) is 0 Å². The van der Waals surface area contributed by atoms with Gasteiger partial charge in [0.05, 0.1) is 0 Å². The lowest BCUT2D eigenvalue weighted by Crippen LogP contribution is -2.12. The lowest BCUT2D eigenvalue weighted by atomic mass is 10.2. The van der Waals surface area contributed by atoms with E-state index >= 15 is 0 Å². The van der Waals surface area contributed by atoms with Gasteiger partial charge in [-0.05, 0) is 17.7 Å². The first kappa shape index (κ1) is 10.4. The molecule has 0 heterocycles. The molecule has 0 saturated carbocycles. The standard InChI is InChI=1S/C10H14N2O2/c1-12(2)9-5-3-8(4-6-9)7-14-10(11)13/h3-6H,7H2,1-2H3,(H2,11,13). The van der Waals surface area contributed by atoms with Crippen LogP contribution in [0.2, 0.25) is 0 Å². The predicted octanol–water partition coefficient (Wildman–Crippen LogP) is 1.35. The van der Waals surface area contributed by atoms with E-state index < -0.39 is 6.09 Å². The van der Waals surface area contributed by atoms with Gasteiger partial charge in [0.1, 0.15) is 6.61 Å². The van der Waals surface area contributed by atoms with Crippen molar-refractivity contribution < 1.29 is 9.53 Å². The van der Waals surface area contributed by atoms with E-state index in [2.05, 4.69) is 4.74 Å². The van der Waals surface area contributed by atoms with E-state index in [4.69, 9.17) is 5.73 Å². The summed E-state index contributed by atoms with van der Waals surface area (Å²) >= 11 is 0. The van der Waals surface area contributed by atoms with E-state index in [1.165, 1.54) is 0 Å². The molecule has 0 saturated heterocycles. The van der Waals surface area contributed by atoms with E-state index in [1.54, 1.807) is 0 Å². The molecule has 0 aliphatic heterocycles. The molecular formula is C10H14N2O2. The monoisotopic (exact) mass is 194 g/mol. The van der Waals surface area contributed by atoms with Crippen LogP contribution >= 0.6 is 0 Å². The number of carbonyl (C=O) groups excluding carboxylic acids is 1. The third-order valence-electron chi connectivity index (χ3n) is 1.83. The summed E-state index contributed by atoms with van der Waals surface area (Å²) in [5.74, 6) is 0. The van der Waals surface area contributed by atoms with Crippen LogP contribution in [0.15, 0.2) is 24.3 Å². The van der Waals surface area contributed by atoms with Gasteiger partial charge >= 0.3 is 6.09 Å². The van der Waals surface area contributed by atoms with Gasteiger partial charge in [-0.3, -0.25) is 0 Å². The second kappa shape index (κ2) is 4.50. The number of hydrogen-bond acceptors (Lipinski definition) is 3. The Balaban J connectivity index is 2.59. The smallest absolute Gasteiger partial charge is 0.404 e. The zero-order valence-electron chi connectivity index (χ0n) is 8.36. The van der Waals surface area contributed by atoms with Crippen molar-refractivity contribution in [1.29, 1.82) is 0 Å². The van der Waals surface area contributed by atoms with Crippen LogP contribution in [-0.4, -0.2) is 20.2 Å². The fraction of sp³-hybridized carbons (Fsp3) is 0.300. The Hall–Kier alpha value is -1.71. The molecule has 1 aromatic carbocycles. The van der Waals surface area contributed by atoms with Crippen LogP contribution < -0.4 is 10.6 Å². The largest absolute Gasteiger partial charge is 0.445 e. The number of primary amides is 1. The first-order chi connectivity index (χ1) is 6.59. The highest BCUT2D eigenvalue weighted by Crippen LogP contribution is 2.12. The van der Waals surface area contributed by atoms with Crippen molar-refractivity contribution in [1.82, 2.24) is 0 Å². The molecule has 0 atom stereocenters. The van der Waals surface area contributed by atoms with Crippen molar-refractivity contribution in [3.8, 4) is 0 Å². The van der Waals surface area contributed by atoms with E-state index in [0.717, 1.165) is 11.3 Å². The average Bonchev–Trinajstić information content (AvgIpc) is 2.15. The second-order valence-corrected chi connectivity index (χ2v) is 3.17. The number of nitrogens with two attached hydrogens (primary N) is 1. The first-order valence-electron chi connectivity index (χ1n) is 4.28. The fourth-order valence-corrected chi connectivity index (χ4v) is 1.04. The Morgan fingerprint density at radius 3 is 2.36 bits per heavy atom. The topological polar surface area (TPSA) is 55.6 Å². The Labute approximate surface area is 83.3 Å². The van der Waals surface area contributed by atoms with Gasteiger partial charge in [0.15, 0.2) is 0 Å². The molecule has 14 heavy (non-hydrogen) atoms. The van der Waals surface area contributed by atoms with Crippen molar-refractivity contribution in [2.75, 3.05) is 19.0 Å². The van der Waals surface area contributed by atoms with Crippen molar-refractivity contribution >= 4 is 11.8 Å². The number of benzene rings is 1. The molecule has 0 unspecified atom stereocenters. The average molecular weight is 194 g/mol. The molecule has 0 radical (unpaired) electrons. The van der Waals surface area contributed by atoms with Crippen LogP contribution in [0.25, 0.3) is 0 Å². The van der Waals surface area contributed by atoms with Crippen molar-refractivity contribution in [3.05, 3.63) is 29.8 Å². The van der Waals surface area contributed by atoms with E-state index in [1.807, 2.05) is 43.3 Å². The highest BCUT2D eigenvalue weighted by Gasteiger charge is 1.98. The van der Waals surface area contributed by atoms with Crippen LogP contribution in [0.4, 0.5) is 10.5 Å². The maximum atomic E-state index is 10.3. The maximum absolute atomic E-state index is 10.3. The summed E-state index contributed by atoms with van der Waals surface area (Å²) in [5, 5.41) is 0. The summed E-state index contributed by atoms with van der Waals surface area (Å²) in [6.45, 7) is 0.225. The number of rotatable bonds is 3. The molecular weight excluding hydrogens is 180 g/mol. The summed E-state index contributed by atoms with van der Waals surface area (Å²) in [7, 11) is 3.93. The van der Waals surface area contributed by atoms with Crippen molar-refractivity contribution in [2.24, 2.45) is 5.73 Å². The number of hydrogen-bond donors (Lipinski definition) is 1. The van der Waals surface area contributed by atoms with E-state index in [-0.39, 0.29) is 6.61 Å². The number of carbonyl (C=O) groups is 1. The van der Waals surface area contributed by atoms with Gasteiger partial charge in [0.25, 0.3) is 0 Å². The maximum Gasteiger partial charge on any atom is 0.404 e. The number of ether oxygens (including phenoxy) is 1. The summed E-state index contributed by atoms with van der Waals surface area (Å²) < 4.78 is 4.65. The fourth-order valence-electron chi connectivity index (χ4n) is 1.04. The Bertz CT molecular complexity index is 306. The number of anilines is 1. The minimum Gasteiger partial charge on any atom is -0.445 e. The summed E-state index contributed by atoms with van der Waals surface area (Å²) in [4.78, 5) is 12.3. The van der Waals surface area contributed by atoms with Crippen LogP contribution in [0.5, 0.6) is 0 Å². The molecule has 4 heteroatoms. The lowest BCUT2D eigenvalue weighted by molar-refractivity contribution is 0.150. The normalized spacial score (nSPS) is 9.57. The zero-order chi connectivity index (χ0) is 10.6. The van der Waals surface area contributed by atoms with Gasteiger partial charge in [-0.15, -0.1) is 0 Å². The summed E-state index contributed by atoms with van der Waals surface area (Å²) in [6.07, 6.45) is -0.748. The third kappa shape index (κ3) is 2.97. The molecule has 0 aliphatic rings. The SMILES string of the molecule is CN(C)c1ccc(COC(N)=O)cc1. The van der Waals surface area contributed by atoms with Crippen molar-refractivity contribution in [3.63, 3.8) is 0 Å². The molecule has 0 fully saturated rings. The molecule has 0 spiro atoms. The molecule has 76 valence electrons. The zero-order valence-corrected chi connectivity index (χ0v) is 8.36. The van der Waals surface area contributed by atoms with Crippen molar-refractivity contribution in [2.45, 2.75) is 6.61 Å². The van der Waals surface area contributed by atoms with Gasteiger partial charge in [0, 0.05) is 19.8 Å². The first-order valence-corrected chi connectivity index (χ1v) is 4.28. The Kier molecular flexibility index (Phi) is 3.34. The number of amides is 1. The van der Waals surface area contributed by atoms with E-state index in [9.17, 15) is 4.79 Å². The van der Waals surface area contributed by atoms with Gasteiger partial charge in [0.2, 0.25) is 0 Å². The molecule has 1 amide bonds. The summed E-state index contributed by atoms with van der Waals surface area (Å²) in [6, 6.07) is 7.72. The molecule has 0 bridgehead atoms.